The molecule has 3 amide bonds. The van der Waals surface area contributed by atoms with E-state index >= 15 is 0 Å². The highest BCUT2D eigenvalue weighted by Gasteiger charge is 2.17. The van der Waals surface area contributed by atoms with Gasteiger partial charge in [-0.2, -0.15) is 0 Å². The number of quaternary nitrogens is 1. The molecule has 3 N–H and O–H groups in total. The van der Waals surface area contributed by atoms with Crippen molar-refractivity contribution >= 4 is 35.2 Å². The van der Waals surface area contributed by atoms with Crippen LogP contribution in [0.4, 0.5) is 10.5 Å². The standard InChI is InChI=1S/C14H18ClN3O4/c1-3-22-14(21)17-13(20)9-18(2)8-12(19)16-11-7-5-4-6-10(11)15/h4-7H,3,8-9H2,1-2H3,(H,16,19)(H,17,20,21)/p+1. The second-order valence-electron chi connectivity index (χ2n) is 4.61. The van der Waals surface area contributed by atoms with Gasteiger partial charge < -0.3 is 15.0 Å². The summed E-state index contributed by atoms with van der Waals surface area (Å²) in [5, 5.41) is 5.17. The average molecular weight is 329 g/mol. The Labute approximate surface area is 133 Å². The minimum atomic E-state index is -0.791. The first kappa shape index (κ1) is 17.9. The maximum atomic E-state index is 11.9. The van der Waals surface area contributed by atoms with Crippen molar-refractivity contribution in [2.75, 3.05) is 32.1 Å². The second kappa shape index (κ2) is 9.01. The number of para-hydroxylation sites is 1. The zero-order chi connectivity index (χ0) is 16.5. The van der Waals surface area contributed by atoms with Crippen molar-refractivity contribution in [3.63, 3.8) is 0 Å². The SMILES string of the molecule is CCOC(=O)NC(=O)C[NH+](C)CC(=O)Nc1ccccc1Cl. The highest BCUT2D eigenvalue weighted by molar-refractivity contribution is 6.33. The van der Waals surface area contributed by atoms with Crippen LogP contribution >= 0.6 is 11.6 Å². The van der Waals surface area contributed by atoms with E-state index in [1.807, 2.05) is 0 Å². The Morgan fingerprint density at radius 1 is 1.18 bits per heavy atom. The van der Waals surface area contributed by atoms with Gasteiger partial charge in [0.15, 0.2) is 13.1 Å². The number of amides is 3. The molecule has 0 saturated carbocycles. The summed E-state index contributed by atoms with van der Waals surface area (Å²) in [5.41, 5.74) is 0.512. The minimum Gasteiger partial charge on any atom is -0.450 e. The zero-order valence-corrected chi connectivity index (χ0v) is 13.2. The summed E-state index contributed by atoms with van der Waals surface area (Å²) in [6.07, 6.45) is -0.791. The number of imide groups is 1. The predicted molar refractivity (Wildman–Crippen MR) is 81.9 cm³/mol. The van der Waals surface area contributed by atoms with Crippen LogP contribution in [0.3, 0.4) is 0 Å². The Morgan fingerprint density at radius 3 is 2.45 bits per heavy atom. The number of ether oxygens (including phenoxy) is 1. The molecule has 0 bridgehead atoms. The summed E-state index contributed by atoms with van der Waals surface area (Å²) in [6.45, 7) is 1.85. The Kier molecular flexibility index (Phi) is 7.34. The van der Waals surface area contributed by atoms with E-state index in [0.717, 1.165) is 0 Å². The molecule has 0 fully saturated rings. The first-order chi connectivity index (χ1) is 10.4. The topological polar surface area (TPSA) is 88.9 Å². The quantitative estimate of drug-likeness (QED) is 0.689. The van der Waals surface area contributed by atoms with Gasteiger partial charge in [0, 0.05) is 0 Å². The molecule has 0 aliphatic heterocycles. The van der Waals surface area contributed by atoms with Gasteiger partial charge in [-0.3, -0.25) is 14.9 Å². The fraction of sp³-hybridized carbons (Fsp3) is 0.357. The van der Waals surface area contributed by atoms with Gasteiger partial charge in [0.25, 0.3) is 11.8 Å². The predicted octanol–water partition coefficient (Wildman–Crippen LogP) is 0.0659. The third-order valence-corrected chi connectivity index (χ3v) is 2.92. The molecule has 1 aromatic carbocycles. The third kappa shape index (κ3) is 6.55. The number of alkyl carbamates (subject to hydrolysis) is 1. The molecular weight excluding hydrogens is 310 g/mol. The van der Waals surface area contributed by atoms with Crippen molar-refractivity contribution in [2.24, 2.45) is 0 Å². The van der Waals surface area contributed by atoms with E-state index in [-0.39, 0.29) is 25.6 Å². The van der Waals surface area contributed by atoms with Crippen LogP contribution in [0.25, 0.3) is 0 Å². The van der Waals surface area contributed by atoms with E-state index in [2.05, 4.69) is 15.4 Å². The van der Waals surface area contributed by atoms with E-state index < -0.39 is 12.0 Å². The number of halogens is 1. The Hall–Kier alpha value is -2.12. The Bertz CT molecular complexity index is 551. The maximum absolute atomic E-state index is 11.9. The normalized spacial score (nSPS) is 11.4. The molecule has 1 aromatic rings. The van der Waals surface area contributed by atoms with Crippen LogP contribution in [0.15, 0.2) is 24.3 Å². The van der Waals surface area contributed by atoms with Gasteiger partial charge in [-0.25, -0.2) is 4.79 Å². The lowest BCUT2D eigenvalue weighted by Gasteiger charge is -2.13. The smallest absolute Gasteiger partial charge is 0.414 e. The van der Waals surface area contributed by atoms with Crippen molar-refractivity contribution in [1.29, 1.82) is 0 Å². The summed E-state index contributed by atoms with van der Waals surface area (Å²) in [7, 11) is 1.66. The molecule has 1 unspecified atom stereocenters. The maximum Gasteiger partial charge on any atom is 0.414 e. The van der Waals surface area contributed by atoms with Crippen molar-refractivity contribution in [1.82, 2.24) is 5.32 Å². The number of hydrogen-bond acceptors (Lipinski definition) is 4. The average Bonchev–Trinajstić information content (AvgIpc) is 2.40. The molecule has 0 heterocycles. The van der Waals surface area contributed by atoms with Crippen LogP contribution in [0.2, 0.25) is 5.02 Å². The number of benzene rings is 1. The van der Waals surface area contributed by atoms with Crippen molar-refractivity contribution in [2.45, 2.75) is 6.92 Å². The number of carbonyl (C=O) groups excluding carboxylic acids is 3. The number of nitrogens with one attached hydrogen (secondary N) is 3. The number of anilines is 1. The van der Waals surface area contributed by atoms with Gasteiger partial charge in [0.05, 0.1) is 24.4 Å². The summed E-state index contributed by atoms with van der Waals surface area (Å²) < 4.78 is 4.59. The first-order valence-electron chi connectivity index (χ1n) is 6.74. The van der Waals surface area contributed by atoms with Gasteiger partial charge in [0.1, 0.15) is 0 Å². The van der Waals surface area contributed by atoms with Crippen LogP contribution in [0.1, 0.15) is 6.92 Å². The van der Waals surface area contributed by atoms with Gasteiger partial charge in [-0.05, 0) is 19.1 Å². The molecule has 7 nitrogen and oxygen atoms in total. The minimum absolute atomic E-state index is 0.0330. The number of likely N-dealkylation sites (N-methyl/N-ethyl adjacent to an activating group) is 1. The fourth-order valence-corrected chi connectivity index (χ4v) is 1.88. The van der Waals surface area contributed by atoms with E-state index in [9.17, 15) is 14.4 Å². The fourth-order valence-electron chi connectivity index (χ4n) is 1.69. The van der Waals surface area contributed by atoms with E-state index in [1.54, 1.807) is 38.2 Å². The summed E-state index contributed by atoms with van der Waals surface area (Å²) in [5.74, 6) is -0.795. The molecule has 0 aromatic heterocycles. The van der Waals surface area contributed by atoms with Crippen molar-refractivity contribution in [3.8, 4) is 0 Å². The largest absolute Gasteiger partial charge is 0.450 e. The van der Waals surface area contributed by atoms with Crippen LogP contribution in [-0.2, 0) is 14.3 Å². The van der Waals surface area contributed by atoms with Gasteiger partial charge in [-0.15, -0.1) is 0 Å². The highest BCUT2D eigenvalue weighted by Crippen LogP contribution is 2.19. The molecule has 1 atom stereocenters. The number of hydrogen-bond donors (Lipinski definition) is 3. The summed E-state index contributed by atoms with van der Waals surface area (Å²) >= 11 is 5.94. The summed E-state index contributed by atoms with van der Waals surface area (Å²) in [6, 6.07) is 6.86. The van der Waals surface area contributed by atoms with Crippen molar-refractivity contribution in [3.05, 3.63) is 29.3 Å². The van der Waals surface area contributed by atoms with E-state index in [1.165, 1.54) is 0 Å². The van der Waals surface area contributed by atoms with Gasteiger partial charge in [0.2, 0.25) is 0 Å². The second-order valence-corrected chi connectivity index (χ2v) is 5.01. The zero-order valence-electron chi connectivity index (χ0n) is 12.4. The lowest BCUT2D eigenvalue weighted by atomic mass is 10.3. The summed E-state index contributed by atoms with van der Waals surface area (Å²) in [4.78, 5) is 35.1. The van der Waals surface area contributed by atoms with Crippen molar-refractivity contribution < 1.29 is 24.0 Å². The Morgan fingerprint density at radius 2 is 1.82 bits per heavy atom. The number of rotatable bonds is 6. The highest BCUT2D eigenvalue weighted by atomic mass is 35.5. The van der Waals surface area contributed by atoms with Crippen LogP contribution in [-0.4, -0.2) is 44.7 Å². The molecule has 120 valence electrons. The molecule has 0 spiro atoms. The third-order valence-electron chi connectivity index (χ3n) is 2.59. The first-order valence-corrected chi connectivity index (χ1v) is 7.12. The molecule has 1 rings (SSSR count). The molecular formula is C14H19ClN3O4+. The van der Waals surface area contributed by atoms with Gasteiger partial charge >= 0.3 is 6.09 Å². The molecule has 8 heteroatoms. The molecule has 0 aliphatic carbocycles. The van der Waals surface area contributed by atoms with Gasteiger partial charge in [-0.1, -0.05) is 23.7 Å². The number of carbonyl (C=O) groups is 3. The molecule has 0 saturated heterocycles. The van der Waals surface area contributed by atoms with Crippen LogP contribution in [0.5, 0.6) is 0 Å². The van der Waals surface area contributed by atoms with E-state index in [0.29, 0.717) is 15.6 Å². The molecule has 0 aliphatic rings. The monoisotopic (exact) mass is 328 g/mol. The lowest BCUT2D eigenvalue weighted by Crippen LogP contribution is -3.11. The molecule has 0 radical (unpaired) electrons. The van der Waals surface area contributed by atoms with E-state index in [4.69, 9.17) is 11.6 Å². The lowest BCUT2D eigenvalue weighted by molar-refractivity contribution is -0.862. The van der Waals surface area contributed by atoms with Crippen LogP contribution < -0.4 is 15.5 Å². The Balaban J connectivity index is 2.39. The van der Waals surface area contributed by atoms with Crippen LogP contribution in [0, 0.1) is 0 Å². The molecule has 22 heavy (non-hydrogen) atoms.